The van der Waals surface area contributed by atoms with Gasteiger partial charge in [0.05, 0.1) is 17.3 Å². The van der Waals surface area contributed by atoms with Crippen LogP contribution in [-0.4, -0.2) is 40.1 Å². The average Bonchev–Trinajstić information content (AvgIpc) is 2.99. The van der Waals surface area contributed by atoms with Crippen molar-refractivity contribution >= 4 is 17.2 Å². The van der Waals surface area contributed by atoms with Gasteiger partial charge in [-0.15, -0.1) is 11.3 Å². The summed E-state index contributed by atoms with van der Waals surface area (Å²) in [5.41, 5.74) is 1.19. The number of aliphatic hydroxyl groups excluding tert-OH is 1. The number of benzene rings is 1. The number of rotatable bonds is 3. The Morgan fingerprint density at radius 3 is 2.91 bits per heavy atom. The lowest BCUT2D eigenvalue weighted by Crippen LogP contribution is -2.45. The Kier molecular flexibility index (Phi) is 4.55. The number of carbonyl (C=O) groups excluding carboxylic acids is 1. The van der Waals surface area contributed by atoms with Crippen molar-refractivity contribution < 1.29 is 9.90 Å². The van der Waals surface area contributed by atoms with E-state index in [1.165, 1.54) is 16.9 Å². The maximum Gasteiger partial charge on any atom is 0.265 e. The van der Waals surface area contributed by atoms with Crippen molar-refractivity contribution in [2.24, 2.45) is 5.92 Å². The van der Waals surface area contributed by atoms with Crippen LogP contribution in [0.4, 0.5) is 0 Å². The number of β-amino-alcohol motifs (C(OH)–C–C–N with tert-alkyl or cyclic N) is 1. The first kappa shape index (κ1) is 15.2. The standard InChI is InChI=1S/C17H20N2O2S/c1-12-7-8-19(11-14(12)20)17(21)15-10-18-16(22-15)9-13-5-3-2-4-6-13/h2-6,10,12,14,20H,7-9,11H2,1H3. The highest BCUT2D eigenvalue weighted by atomic mass is 32.1. The van der Waals surface area contributed by atoms with Crippen LogP contribution in [0.25, 0.3) is 0 Å². The molecule has 3 rings (SSSR count). The lowest BCUT2D eigenvalue weighted by molar-refractivity contribution is 0.0251. The molecule has 22 heavy (non-hydrogen) atoms. The van der Waals surface area contributed by atoms with E-state index in [2.05, 4.69) is 17.1 Å². The van der Waals surface area contributed by atoms with Gasteiger partial charge in [0.25, 0.3) is 5.91 Å². The quantitative estimate of drug-likeness (QED) is 0.947. The normalized spacial score (nSPS) is 21.8. The minimum Gasteiger partial charge on any atom is -0.391 e. The number of piperidine rings is 1. The zero-order valence-electron chi connectivity index (χ0n) is 12.6. The predicted molar refractivity (Wildman–Crippen MR) is 87.1 cm³/mol. The maximum atomic E-state index is 12.5. The molecule has 2 aromatic rings. The minimum atomic E-state index is -0.422. The number of amides is 1. The number of thiazole rings is 1. The topological polar surface area (TPSA) is 53.4 Å². The van der Waals surface area contributed by atoms with Crippen molar-refractivity contribution in [3.05, 3.63) is 52.0 Å². The Hall–Kier alpha value is -1.72. The van der Waals surface area contributed by atoms with Gasteiger partial charge in [-0.1, -0.05) is 37.3 Å². The molecule has 1 saturated heterocycles. The fourth-order valence-electron chi connectivity index (χ4n) is 2.65. The molecule has 1 fully saturated rings. The highest BCUT2D eigenvalue weighted by Gasteiger charge is 2.28. The van der Waals surface area contributed by atoms with E-state index in [9.17, 15) is 9.90 Å². The van der Waals surface area contributed by atoms with E-state index in [-0.39, 0.29) is 11.8 Å². The first-order chi connectivity index (χ1) is 10.6. The molecule has 0 aliphatic carbocycles. The average molecular weight is 316 g/mol. The number of carbonyl (C=O) groups is 1. The SMILES string of the molecule is CC1CCN(C(=O)c2cnc(Cc3ccccc3)s2)CC1O. The van der Waals surface area contributed by atoms with Gasteiger partial charge in [0.1, 0.15) is 4.88 Å². The van der Waals surface area contributed by atoms with Crippen LogP contribution in [0, 0.1) is 5.92 Å². The number of aliphatic hydroxyl groups is 1. The molecule has 0 saturated carbocycles. The van der Waals surface area contributed by atoms with Crippen LogP contribution in [0.2, 0.25) is 0 Å². The lowest BCUT2D eigenvalue weighted by atomic mass is 9.96. The molecule has 1 aromatic heterocycles. The third-order valence-corrected chi connectivity index (χ3v) is 5.15. The van der Waals surface area contributed by atoms with Crippen molar-refractivity contribution in [2.45, 2.75) is 25.9 Å². The van der Waals surface area contributed by atoms with Crippen LogP contribution < -0.4 is 0 Å². The lowest BCUT2D eigenvalue weighted by Gasteiger charge is -2.33. The largest absolute Gasteiger partial charge is 0.391 e. The molecule has 1 aliphatic heterocycles. The zero-order chi connectivity index (χ0) is 15.5. The van der Waals surface area contributed by atoms with Crippen molar-refractivity contribution in [2.75, 3.05) is 13.1 Å². The molecule has 5 heteroatoms. The van der Waals surface area contributed by atoms with Gasteiger partial charge in [-0.2, -0.15) is 0 Å². The van der Waals surface area contributed by atoms with Gasteiger partial charge in [-0.3, -0.25) is 4.79 Å². The number of likely N-dealkylation sites (tertiary alicyclic amines) is 1. The third-order valence-electron chi connectivity index (χ3n) is 4.17. The fourth-order valence-corrected chi connectivity index (χ4v) is 3.57. The highest BCUT2D eigenvalue weighted by molar-refractivity contribution is 7.13. The summed E-state index contributed by atoms with van der Waals surface area (Å²) < 4.78 is 0. The van der Waals surface area contributed by atoms with Crippen LogP contribution >= 0.6 is 11.3 Å². The molecule has 0 spiro atoms. The smallest absolute Gasteiger partial charge is 0.265 e. The van der Waals surface area contributed by atoms with E-state index in [0.717, 1.165) is 17.8 Å². The van der Waals surface area contributed by atoms with E-state index >= 15 is 0 Å². The van der Waals surface area contributed by atoms with Gasteiger partial charge in [0.15, 0.2) is 0 Å². The number of nitrogens with zero attached hydrogens (tertiary/aromatic N) is 2. The van der Waals surface area contributed by atoms with Crippen LogP contribution in [0.1, 0.15) is 33.6 Å². The van der Waals surface area contributed by atoms with Crippen LogP contribution in [0.5, 0.6) is 0 Å². The minimum absolute atomic E-state index is 0.0113. The Balaban J connectivity index is 1.67. The monoisotopic (exact) mass is 316 g/mol. The molecule has 0 radical (unpaired) electrons. The molecule has 1 aromatic carbocycles. The molecule has 1 amide bonds. The Labute approximate surface area is 134 Å². The van der Waals surface area contributed by atoms with Gasteiger partial charge >= 0.3 is 0 Å². The van der Waals surface area contributed by atoms with Crippen LogP contribution in [-0.2, 0) is 6.42 Å². The Morgan fingerprint density at radius 2 is 2.18 bits per heavy atom. The molecule has 4 nitrogen and oxygen atoms in total. The first-order valence-corrected chi connectivity index (χ1v) is 8.41. The second-order valence-corrected chi connectivity index (χ2v) is 6.98. The number of hydrogen-bond acceptors (Lipinski definition) is 4. The third kappa shape index (κ3) is 3.36. The summed E-state index contributed by atoms with van der Waals surface area (Å²) in [6.45, 7) is 3.16. The van der Waals surface area contributed by atoms with Gasteiger partial charge in [-0.05, 0) is 17.9 Å². The Bertz CT molecular complexity index is 641. The highest BCUT2D eigenvalue weighted by Crippen LogP contribution is 2.22. The second kappa shape index (κ2) is 6.58. The van der Waals surface area contributed by atoms with E-state index in [0.29, 0.717) is 18.0 Å². The van der Waals surface area contributed by atoms with Gasteiger partial charge < -0.3 is 10.0 Å². The van der Waals surface area contributed by atoms with Gasteiger partial charge in [-0.25, -0.2) is 4.98 Å². The molecule has 2 atom stereocenters. The van der Waals surface area contributed by atoms with E-state index in [4.69, 9.17) is 0 Å². The van der Waals surface area contributed by atoms with E-state index in [1.54, 1.807) is 11.1 Å². The van der Waals surface area contributed by atoms with Crippen LogP contribution in [0.15, 0.2) is 36.5 Å². The van der Waals surface area contributed by atoms with Crippen molar-refractivity contribution in [3.63, 3.8) is 0 Å². The van der Waals surface area contributed by atoms with Gasteiger partial charge in [0.2, 0.25) is 0 Å². The van der Waals surface area contributed by atoms with Crippen molar-refractivity contribution in [1.29, 1.82) is 0 Å². The molecule has 2 heterocycles. The van der Waals surface area contributed by atoms with Crippen LogP contribution in [0.3, 0.4) is 0 Å². The summed E-state index contributed by atoms with van der Waals surface area (Å²) >= 11 is 1.45. The van der Waals surface area contributed by atoms with Gasteiger partial charge in [0, 0.05) is 19.5 Å². The molecule has 2 unspecified atom stereocenters. The molecule has 0 bridgehead atoms. The summed E-state index contributed by atoms with van der Waals surface area (Å²) in [6, 6.07) is 10.1. The molecule has 1 aliphatic rings. The molecular formula is C17H20N2O2S. The van der Waals surface area contributed by atoms with E-state index < -0.39 is 6.10 Å². The molecule has 1 N–H and O–H groups in total. The summed E-state index contributed by atoms with van der Waals surface area (Å²) in [7, 11) is 0. The van der Waals surface area contributed by atoms with Crippen molar-refractivity contribution in [3.8, 4) is 0 Å². The summed E-state index contributed by atoms with van der Waals surface area (Å²) in [4.78, 5) is 19.3. The summed E-state index contributed by atoms with van der Waals surface area (Å²) in [6.07, 6.45) is 2.84. The fraction of sp³-hybridized carbons (Fsp3) is 0.412. The molecule has 116 valence electrons. The zero-order valence-corrected chi connectivity index (χ0v) is 13.4. The Morgan fingerprint density at radius 1 is 1.41 bits per heavy atom. The maximum absolute atomic E-state index is 12.5. The van der Waals surface area contributed by atoms with E-state index in [1.807, 2.05) is 25.1 Å². The second-order valence-electron chi connectivity index (χ2n) is 5.87. The number of aromatic nitrogens is 1. The number of hydrogen-bond donors (Lipinski definition) is 1. The predicted octanol–water partition coefficient (Wildman–Crippen LogP) is 2.58. The first-order valence-electron chi connectivity index (χ1n) is 7.59. The van der Waals surface area contributed by atoms with Crippen molar-refractivity contribution in [1.82, 2.24) is 9.88 Å². The molecular weight excluding hydrogens is 296 g/mol. The summed E-state index contributed by atoms with van der Waals surface area (Å²) in [5.74, 6) is 0.252. The summed E-state index contributed by atoms with van der Waals surface area (Å²) in [5, 5.41) is 10.9.